The molecule has 0 unspecified atom stereocenters. The summed E-state index contributed by atoms with van der Waals surface area (Å²) >= 11 is 1.63. The molecule has 0 aliphatic rings. The van der Waals surface area contributed by atoms with Crippen LogP contribution in [0.5, 0.6) is 5.75 Å². The highest BCUT2D eigenvalue weighted by molar-refractivity contribution is 7.09. The Morgan fingerprint density at radius 1 is 1.35 bits per heavy atom. The molecule has 20 heavy (non-hydrogen) atoms. The largest absolute Gasteiger partial charge is 0.493 e. The highest BCUT2D eigenvalue weighted by atomic mass is 32.1. The van der Waals surface area contributed by atoms with Gasteiger partial charge in [0.15, 0.2) is 0 Å². The van der Waals surface area contributed by atoms with Crippen LogP contribution >= 0.6 is 11.3 Å². The second-order valence-electron chi connectivity index (χ2n) is 4.39. The second kappa shape index (κ2) is 6.43. The molecule has 106 valence electrons. The third-order valence-electron chi connectivity index (χ3n) is 2.89. The number of anilines is 1. The molecule has 1 amide bonds. The van der Waals surface area contributed by atoms with Crippen LogP contribution < -0.4 is 10.5 Å². The summed E-state index contributed by atoms with van der Waals surface area (Å²) in [5, 5.41) is 2.00. The van der Waals surface area contributed by atoms with E-state index in [4.69, 9.17) is 10.5 Å². The van der Waals surface area contributed by atoms with Gasteiger partial charge >= 0.3 is 0 Å². The molecule has 2 rings (SSSR count). The topological polar surface area (TPSA) is 55.6 Å². The summed E-state index contributed by atoms with van der Waals surface area (Å²) in [6.45, 7) is 2.95. The first-order chi connectivity index (χ1) is 9.63. The van der Waals surface area contributed by atoms with Crippen LogP contribution in [0.1, 0.15) is 22.2 Å². The molecule has 0 saturated heterocycles. The Bertz CT molecular complexity index is 582. The molecule has 0 aliphatic carbocycles. The van der Waals surface area contributed by atoms with Gasteiger partial charge in [-0.2, -0.15) is 0 Å². The molecule has 1 heterocycles. The van der Waals surface area contributed by atoms with Crippen molar-refractivity contribution >= 4 is 22.9 Å². The third kappa shape index (κ3) is 3.11. The SMILES string of the molecule is CCOc1cccc(N)c1C(=O)N(C)Cc1cccs1. The summed E-state index contributed by atoms with van der Waals surface area (Å²) < 4.78 is 5.50. The zero-order valence-corrected chi connectivity index (χ0v) is 12.4. The summed E-state index contributed by atoms with van der Waals surface area (Å²) in [4.78, 5) is 15.3. The Morgan fingerprint density at radius 3 is 2.80 bits per heavy atom. The number of amides is 1. The van der Waals surface area contributed by atoms with Gasteiger partial charge in [0, 0.05) is 17.6 Å². The van der Waals surface area contributed by atoms with Crippen LogP contribution in [0.2, 0.25) is 0 Å². The molecule has 2 N–H and O–H groups in total. The molecule has 0 spiro atoms. The Balaban J connectivity index is 2.23. The van der Waals surface area contributed by atoms with Gasteiger partial charge in [-0.15, -0.1) is 11.3 Å². The van der Waals surface area contributed by atoms with E-state index in [1.165, 1.54) is 0 Å². The number of ether oxygens (including phenoxy) is 1. The number of hydrogen-bond donors (Lipinski definition) is 1. The van der Waals surface area contributed by atoms with Gasteiger partial charge in [0.25, 0.3) is 5.91 Å². The van der Waals surface area contributed by atoms with Crippen LogP contribution in [0.4, 0.5) is 5.69 Å². The van der Waals surface area contributed by atoms with Gasteiger partial charge in [0.2, 0.25) is 0 Å². The van der Waals surface area contributed by atoms with E-state index in [-0.39, 0.29) is 5.91 Å². The predicted molar refractivity (Wildman–Crippen MR) is 82.1 cm³/mol. The van der Waals surface area contributed by atoms with Crippen LogP contribution in [-0.4, -0.2) is 24.5 Å². The van der Waals surface area contributed by atoms with E-state index in [9.17, 15) is 4.79 Å². The van der Waals surface area contributed by atoms with E-state index in [0.717, 1.165) is 4.88 Å². The summed E-state index contributed by atoms with van der Waals surface area (Å²) in [6.07, 6.45) is 0. The van der Waals surface area contributed by atoms with E-state index in [1.807, 2.05) is 24.4 Å². The van der Waals surface area contributed by atoms with Crippen molar-refractivity contribution in [2.45, 2.75) is 13.5 Å². The molecule has 1 aromatic heterocycles. The minimum absolute atomic E-state index is 0.125. The minimum Gasteiger partial charge on any atom is -0.493 e. The van der Waals surface area contributed by atoms with Gasteiger partial charge < -0.3 is 15.4 Å². The number of carbonyl (C=O) groups is 1. The van der Waals surface area contributed by atoms with Crippen molar-refractivity contribution in [1.29, 1.82) is 0 Å². The smallest absolute Gasteiger partial charge is 0.259 e. The fraction of sp³-hybridized carbons (Fsp3) is 0.267. The number of nitrogen functional groups attached to an aromatic ring is 1. The molecule has 0 radical (unpaired) electrons. The van der Waals surface area contributed by atoms with Crippen molar-refractivity contribution in [1.82, 2.24) is 4.90 Å². The monoisotopic (exact) mass is 290 g/mol. The maximum Gasteiger partial charge on any atom is 0.259 e. The third-order valence-corrected chi connectivity index (χ3v) is 3.75. The van der Waals surface area contributed by atoms with Crippen LogP contribution in [0.25, 0.3) is 0 Å². The number of thiophene rings is 1. The highest BCUT2D eigenvalue weighted by Gasteiger charge is 2.20. The first kappa shape index (κ1) is 14.4. The molecule has 0 bridgehead atoms. The van der Waals surface area contributed by atoms with Crippen molar-refractivity contribution in [3.05, 3.63) is 46.2 Å². The van der Waals surface area contributed by atoms with Gasteiger partial charge in [-0.05, 0) is 30.5 Å². The fourth-order valence-electron chi connectivity index (χ4n) is 1.95. The molecule has 2 aromatic rings. The Hall–Kier alpha value is -2.01. The Morgan fingerprint density at radius 2 is 2.15 bits per heavy atom. The van der Waals surface area contributed by atoms with Crippen molar-refractivity contribution in [2.24, 2.45) is 0 Å². The molecule has 0 aliphatic heterocycles. The van der Waals surface area contributed by atoms with Crippen molar-refractivity contribution in [2.75, 3.05) is 19.4 Å². The number of carbonyl (C=O) groups excluding carboxylic acids is 1. The normalized spacial score (nSPS) is 10.3. The average molecular weight is 290 g/mol. The zero-order chi connectivity index (χ0) is 14.5. The van der Waals surface area contributed by atoms with Gasteiger partial charge in [-0.3, -0.25) is 4.79 Å². The molecule has 5 heteroatoms. The van der Waals surface area contributed by atoms with Crippen LogP contribution in [0.15, 0.2) is 35.7 Å². The van der Waals surface area contributed by atoms with E-state index in [2.05, 4.69) is 0 Å². The lowest BCUT2D eigenvalue weighted by atomic mass is 10.1. The zero-order valence-electron chi connectivity index (χ0n) is 11.6. The molecule has 4 nitrogen and oxygen atoms in total. The van der Waals surface area contributed by atoms with E-state index in [1.54, 1.807) is 41.5 Å². The lowest BCUT2D eigenvalue weighted by Crippen LogP contribution is -2.27. The maximum atomic E-state index is 12.6. The molecular formula is C15H18N2O2S. The maximum absolute atomic E-state index is 12.6. The minimum atomic E-state index is -0.125. The van der Waals surface area contributed by atoms with Gasteiger partial charge in [0.1, 0.15) is 11.3 Å². The standard InChI is InChI=1S/C15H18N2O2S/c1-3-19-13-8-4-7-12(16)14(13)15(18)17(2)10-11-6-5-9-20-11/h4-9H,3,10,16H2,1-2H3. The van der Waals surface area contributed by atoms with E-state index in [0.29, 0.717) is 30.2 Å². The second-order valence-corrected chi connectivity index (χ2v) is 5.43. The van der Waals surface area contributed by atoms with Crippen molar-refractivity contribution in [3.63, 3.8) is 0 Å². The summed E-state index contributed by atoms with van der Waals surface area (Å²) in [5.41, 5.74) is 6.82. The summed E-state index contributed by atoms with van der Waals surface area (Å²) in [6, 6.07) is 9.25. The van der Waals surface area contributed by atoms with Gasteiger partial charge in [0.05, 0.1) is 13.2 Å². The number of hydrogen-bond acceptors (Lipinski definition) is 4. The van der Waals surface area contributed by atoms with Crippen molar-refractivity contribution in [3.8, 4) is 5.75 Å². The number of nitrogens with zero attached hydrogens (tertiary/aromatic N) is 1. The summed E-state index contributed by atoms with van der Waals surface area (Å²) in [5.74, 6) is 0.412. The van der Waals surface area contributed by atoms with Crippen molar-refractivity contribution < 1.29 is 9.53 Å². The predicted octanol–water partition coefficient (Wildman–Crippen LogP) is 3.00. The Labute approximate surface area is 122 Å². The molecule has 1 aromatic carbocycles. The summed E-state index contributed by atoms with van der Waals surface area (Å²) in [7, 11) is 1.77. The Kier molecular flexibility index (Phi) is 4.63. The van der Waals surface area contributed by atoms with Gasteiger partial charge in [-0.1, -0.05) is 12.1 Å². The van der Waals surface area contributed by atoms with E-state index < -0.39 is 0 Å². The van der Waals surface area contributed by atoms with Crippen LogP contribution in [-0.2, 0) is 6.54 Å². The molecular weight excluding hydrogens is 272 g/mol. The average Bonchev–Trinajstić information content (AvgIpc) is 2.91. The molecule has 0 atom stereocenters. The number of benzene rings is 1. The van der Waals surface area contributed by atoms with Crippen LogP contribution in [0.3, 0.4) is 0 Å². The first-order valence-corrected chi connectivity index (χ1v) is 7.30. The fourth-order valence-corrected chi connectivity index (χ4v) is 2.71. The molecule has 0 saturated carbocycles. The van der Waals surface area contributed by atoms with Gasteiger partial charge in [-0.25, -0.2) is 0 Å². The van der Waals surface area contributed by atoms with E-state index >= 15 is 0 Å². The lowest BCUT2D eigenvalue weighted by molar-refractivity contribution is 0.0783. The van der Waals surface area contributed by atoms with Crippen LogP contribution in [0, 0.1) is 0 Å². The highest BCUT2D eigenvalue weighted by Crippen LogP contribution is 2.26. The number of rotatable bonds is 5. The quantitative estimate of drug-likeness (QED) is 0.861. The first-order valence-electron chi connectivity index (χ1n) is 6.42. The molecule has 0 fully saturated rings. The lowest BCUT2D eigenvalue weighted by Gasteiger charge is -2.19. The number of nitrogens with two attached hydrogens (primary N) is 1.